The molecule has 7 heteroatoms. The molecule has 4 rings (SSSR count). The lowest BCUT2D eigenvalue weighted by Crippen LogP contribution is -2.41. The van der Waals surface area contributed by atoms with Crippen LogP contribution in [0.15, 0.2) is 69.6 Å². The van der Waals surface area contributed by atoms with Crippen LogP contribution in [-0.4, -0.2) is 23.4 Å². The third-order valence-corrected chi connectivity index (χ3v) is 12.0. The minimum Gasteiger partial charge on any atom is -0.409 e. The van der Waals surface area contributed by atoms with Gasteiger partial charge in [-0.15, -0.1) is 0 Å². The normalized spacial score (nSPS) is 13.9. The topological polar surface area (TPSA) is 55.2 Å². The summed E-state index contributed by atoms with van der Waals surface area (Å²) in [6, 6.07) is 20.1. The van der Waals surface area contributed by atoms with Crippen molar-refractivity contribution >= 4 is 62.0 Å². The number of aliphatic hydroxyl groups excluding tert-OH is 1. The van der Waals surface area contributed by atoms with E-state index in [1.807, 2.05) is 36.4 Å². The number of aliphatic hydroxyl groups is 1. The summed E-state index contributed by atoms with van der Waals surface area (Å²) in [4.78, 5) is 9.12. The maximum absolute atomic E-state index is 9.38. The van der Waals surface area contributed by atoms with Crippen molar-refractivity contribution in [3.8, 4) is 0 Å². The summed E-state index contributed by atoms with van der Waals surface area (Å²) < 4.78 is 8.49. The Kier molecular flexibility index (Phi) is 8.92. The van der Waals surface area contributed by atoms with Crippen LogP contribution in [0.25, 0.3) is 21.8 Å². The predicted octanol–water partition coefficient (Wildman–Crippen LogP) is 9.13. The first-order chi connectivity index (χ1) is 16.3. The number of nitrogens with zero attached hydrogens (tertiary/aromatic N) is 2. The van der Waals surface area contributed by atoms with Gasteiger partial charge in [0, 0.05) is 19.7 Å². The maximum Gasteiger partial charge on any atom is 0.192 e. The van der Waals surface area contributed by atoms with Gasteiger partial charge in [0.05, 0.1) is 34.6 Å². The van der Waals surface area contributed by atoms with E-state index in [1.165, 1.54) is 0 Å². The van der Waals surface area contributed by atoms with Crippen LogP contribution < -0.4 is 0 Å². The molecule has 0 spiro atoms. The van der Waals surface area contributed by atoms with Crippen molar-refractivity contribution in [3.63, 3.8) is 0 Å². The molecule has 2 aromatic carbocycles. The highest BCUT2D eigenvalue weighted by molar-refractivity contribution is 9.10. The fourth-order valence-electron chi connectivity index (χ4n) is 3.35. The van der Waals surface area contributed by atoms with E-state index in [1.54, 1.807) is 6.92 Å². The molecule has 0 aliphatic carbocycles. The highest BCUT2D eigenvalue weighted by Gasteiger charge is 2.38. The smallest absolute Gasteiger partial charge is 0.192 e. The number of halogens is 2. The predicted molar refractivity (Wildman–Crippen MR) is 156 cm³/mol. The number of rotatable bonds is 4. The van der Waals surface area contributed by atoms with Crippen LogP contribution in [0, 0.1) is 0 Å². The van der Waals surface area contributed by atoms with Crippen LogP contribution in [0.1, 0.15) is 58.2 Å². The second-order valence-electron chi connectivity index (χ2n) is 10.3. The van der Waals surface area contributed by atoms with Gasteiger partial charge < -0.3 is 9.53 Å². The van der Waals surface area contributed by atoms with Crippen molar-refractivity contribution < 1.29 is 9.53 Å². The maximum atomic E-state index is 9.38. The Balaban J connectivity index is 0.000000211. The first-order valence-corrected chi connectivity index (χ1v) is 16.2. The summed E-state index contributed by atoms with van der Waals surface area (Å²) in [5.74, 6) is 0. The van der Waals surface area contributed by atoms with E-state index in [2.05, 4.69) is 102 Å². The van der Waals surface area contributed by atoms with Gasteiger partial charge in [-0.05, 0) is 68.4 Å². The minimum atomic E-state index is -1.78. The monoisotopic (exact) mass is 616 g/mol. The molecule has 2 atom stereocenters. The first-order valence-electron chi connectivity index (χ1n) is 11.7. The Morgan fingerprint density at radius 3 is 1.66 bits per heavy atom. The van der Waals surface area contributed by atoms with Crippen molar-refractivity contribution in [3.05, 3.63) is 81.0 Å². The fraction of sp³-hybridized carbons (Fsp3) is 0.357. The molecule has 0 amide bonds. The van der Waals surface area contributed by atoms with Crippen molar-refractivity contribution in [2.45, 2.75) is 65.0 Å². The second-order valence-corrected chi connectivity index (χ2v) is 16.9. The number of aromatic nitrogens is 2. The standard InChI is InChI=1S/C17H24BrNOSi.C11H10BrNO/c1-12(20-21(5,6)17(2,3)4)15-10-8-13-7-9-14(18)11-16(13)19-15;1-7(14)10-5-3-8-2-4-9(12)6-11(8)13-10/h7-12H,1-6H3;2-7,14H,1H3/t12-;7-/m11/s1. The Morgan fingerprint density at radius 1 is 0.771 bits per heavy atom. The third-order valence-electron chi connectivity index (χ3n) is 6.47. The molecule has 0 radical (unpaired) electrons. The van der Waals surface area contributed by atoms with Gasteiger partial charge in [-0.2, -0.15) is 0 Å². The third kappa shape index (κ3) is 7.20. The number of fused-ring (bicyclic) bond motifs is 2. The molecule has 1 N–H and O–H groups in total. The van der Waals surface area contributed by atoms with Crippen molar-refractivity contribution in [1.82, 2.24) is 9.97 Å². The number of hydrogen-bond acceptors (Lipinski definition) is 4. The molecule has 0 aliphatic heterocycles. The Bertz CT molecular complexity index is 1320. The number of hydrogen-bond donors (Lipinski definition) is 1. The summed E-state index contributed by atoms with van der Waals surface area (Å²) in [7, 11) is -1.78. The lowest BCUT2D eigenvalue weighted by Gasteiger charge is -2.38. The molecule has 35 heavy (non-hydrogen) atoms. The molecular formula is C28H34Br2N2O2Si. The quantitative estimate of drug-likeness (QED) is 0.232. The molecule has 0 saturated heterocycles. The second kappa shape index (κ2) is 11.2. The van der Waals surface area contributed by atoms with Gasteiger partial charge in [-0.1, -0.05) is 76.9 Å². The van der Waals surface area contributed by atoms with Crippen LogP contribution in [-0.2, 0) is 4.43 Å². The van der Waals surface area contributed by atoms with Crippen molar-refractivity contribution in [2.75, 3.05) is 0 Å². The van der Waals surface area contributed by atoms with Crippen LogP contribution in [0.2, 0.25) is 18.1 Å². The van der Waals surface area contributed by atoms with E-state index in [0.29, 0.717) is 5.69 Å². The molecule has 2 heterocycles. The summed E-state index contributed by atoms with van der Waals surface area (Å²) in [6.07, 6.45) is -0.493. The van der Waals surface area contributed by atoms with Crippen molar-refractivity contribution in [1.29, 1.82) is 0 Å². The summed E-state index contributed by atoms with van der Waals surface area (Å²) in [5, 5.41) is 11.8. The Labute approximate surface area is 226 Å². The van der Waals surface area contributed by atoms with Gasteiger partial charge in [0.2, 0.25) is 0 Å². The van der Waals surface area contributed by atoms with E-state index >= 15 is 0 Å². The highest BCUT2D eigenvalue weighted by atomic mass is 79.9. The summed E-state index contributed by atoms with van der Waals surface area (Å²) in [5.41, 5.74) is 3.62. The fourth-order valence-corrected chi connectivity index (χ4v) is 5.41. The lowest BCUT2D eigenvalue weighted by molar-refractivity contribution is 0.195. The molecule has 186 valence electrons. The number of pyridine rings is 2. The molecule has 0 aliphatic rings. The Morgan fingerprint density at radius 2 is 1.20 bits per heavy atom. The molecule has 2 aromatic heterocycles. The summed E-state index contributed by atoms with van der Waals surface area (Å²) >= 11 is 6.90. The molecular weight excluding hydrogens is 584 g/mol. The van der Waals surface area contributed by atoms with E-state index in [9.17, 15) is 5.11 Å². The summed E-state index contributed by atoms with van der Waals surface area (Å²) in [6.45, 7) is 15.2. The SMILES string of the molecule is C[C@@H](O)c1ccc2ccc(Br)cc2n1.C[C@@H](O[Si](C)(C)C(C)(C)C)c1ccc2ccc(Br)cc2n1. The minimum absolute atomic E-state index is 0.0225. The van der Waals surface area contributed by atoms with Gasteiger partial charge in [-0.25, -0.2) is 0 Å². The van der Waals surface area contributed by atoms with E-state index in [0.717, 1.165) is 36.4 Å². The zero-order valence-electron chi connectivity index (χ0n) is 21.4. The molecule has 0 bridgehead atoms. The van der Waals surface area contributed by atoms with Crippen LogP contribution >= 0.6 is 31.9 Å². The van der Waals surface area contributed by atoms with Gasteiger partial charge in [0.15, 0.2) is 8.32 Å². The zero-order valence-corrected chi connectivity index (χ0v) is 25.6. The van der Waals surface area contributed by atoms with Gasteiger partial charge in [0.25, 0.3) is 0 Å². The van der Waals surface area contributed by atoms with Gasteiger partial charge in [0.1, 0.15) is 0 Å². The largest absolute Gasteiger partial charge is 0.409 e. The van der Waals surface area contributed by atoms with Crippen molar-refractivity contribution in [2.24, 2.45) is 0 Å². The highest BCUT2D eigenvalue weighted by Crippen LogP contribution is 2.39. The van der Waals surface area contributed by atoms with E-state index < -0.39 is 14.4 Å². The average molecular weight is 618 g/mol. The Hall–Kier alpha value is -1.64. The van der Waals surface area contributed by atoms with E-state index in [4.69, 9.17) is 9.41 Å². The zero-order chi connectivity index (χ0) is 26.0. The van der Waals surface area contributed by atoms with Crippen LogP contribution in [0.5, 0.6) is 0 Å². The van der Waals surface area contributed by atoms with Crippen LogP contribution in [0.4, 0.5) is 0 Å². The lowest BCUT2D eigenvalue weighted by atomic mass is 10.2. The van der Waals surface area contributed by atoms with Gasteiger partial charge in [-0.3, -0.25) is 9.97 Å². The number of benzene rings is 2. The van der Waals surface area contributed by atoms with E-state index in [-0.39, 0.29) is 11.1 Å². The molecule has 4 aromatic rings. The molecule has 0 fully saturated rings. The van der Waals surface area contributed by atoms with Gasteiger partial charge >= 0.3 is 0 Å². The molecule has 0 unspecified atom stereocenters. The molecule has 0 saturated carbocycles. The average Bonchev–Trinajstić information content (AvgIpc) is 2.77. The molecule has 4 nitrogen and oxygen atoms in total. The van der Waals surface area contributed by atoms with Crippen LogP contribution in [0.3, 0.4) is 0 Å². The first kappa shape index (κ1) is 27.9.